The van der Waals surface area contributed by atoms with Gasteiger partial charge in [0.25, 0.3) is 5.91 Å². The molecule has 1 amide bonds. The molecule has 0 fully saturated rings. The number of hydrogen-bond acceptors (Lipinski definition) is 4. The molecule has 2 aromatic rings. The molecular formula is C16H13FN4O3S. The van der Waals surface area contributed by atoms with E-state index >= 15 is 0 Å². The van der Waals surface area contributed by atoms with Crippen LogP contribution in [0.1, 0.15) is 5.56 Å². The van der Waals surface area contributed by atoms with Gasteiger partial charge < -0.3 is 5.32 Å². The van der Waals surface area contributed by atoms with Crippen LogP contribution in [0.2, 0.25) is 0 Å². The molecule has 25 heavy (non-hydrogen) atoms. The van der Waals surface area contributed by atoms with E-state index in [1.54, 1.807) is 18.3 Å². The van der Waals surface area contributed by atoms with Crippen LogP contribution in [-0.2, 0) is 15.0 Å². The second-order valence-electron chi connectivity index (χ2n) is 5.15. The Kier molecular flexibility index (Phi) is 4.32. The highest BCUT2D eigenvalue weighted by molar-refractivity contribution is 7.88. The van der Waals surface area contributed by atoms with E-state index < -0.39 is 21.9 Å². The van der Waals surface area contributed by atoms with Gasteiger partial charge in [-0.25, -0.2) is 8.70 Å². The zero-order valence-electron chi connectivity index (χ0n) is 13.0. The first-order valence-corrected chi connectivity index (χ1v) is 8.54. The van der Waals surface area contributed by atoms with Gasteiger partial charge in [-0.1, -0.05) is 0 Å². The summed E-state index contributed by atoms with van der Waals surface area (Å²) in [6.45, 7) is 0. The summed E-state index contributed by atoms with van der Waals surface area (Å²) in [6.07, 6.45) is 4.32. The number of aromatic nitrogens is 1. The molecule has 0 saturated heterocycles. The summed E-state index contributed by atoms with van der Waals surface area (Å²) in [5, 5.41) is 2.57. The van der Waals surface area contributed by atoms with Gasteiger partial charge in [-0.05, 0) is 42.5 Å². The Morgan fingerprint density at radius 3 is 2.56 bits per heavy atom. The number of pyridine rings is 1. The molecule has 1 aromatic heterocycles. The topological polar surface area (TPSA) is 91.7 Å². The number of carbonyl (C=O) groups is 1. The number of benzene rings is 1. The Bertz CT molecular complexity index is 970. The highest BCUT2D eigenvalue weighted by atomic mass is 32.2. The van der Waals surface area contributed by atoms with Gasteiger partial charge in [0, 0.05) is 18.8 Å². The Morgan fingerprint density at radius 2 is 1.92 bits per heavy atom. The average molecular weight is 360 g/mol. The lowest BCUT2D eigenvalue weighted by atomic mass is 10.1. The van der Waals surface area contributed by atoms with E-state index in [1.807, 2.05) is 0 Å². The highest BCUT2D eigenvalue weighted by Crippen LogP contribution is 2.21. The van der Waals surface area contributed by atoms with Crippen molar-refractivity contribution in [1.82, 2.24) is 9.29 Å². The van der Waals surface area contributed by atoms with Gasteiger partial charge in [0.2, 0.25) is 0 Å². The van der Waals surface area contributed by atoms with Gasteiger partial charge in [0.15, 0.2) is 0 Å². The van der Waals surface area contributed by atoms with Gasteiger partial charge in [-0.2, -0.15) is 8.42 Å². The van der Waals surface area contributed by atoms with E-state index in [4.69, 9.17) is 0 Å². The third-order valence-corrected chi connectivity index (χ3v) is 4.78. The fourth-order valence-corrected chi connectivity index (χ4v) is 3.07. The maximum atomic E-state index is 13.1. The minimum absolute atomic E-state index is 0.0504. The lowest BCUT2D eigenvalue weighted by molar-refractivity contribution is -0.113. The summed E-state index contributed by atoms with van der Waals surface area (Å²) in [7, 11) is -2.84. The van der Waals surface area contributed by atoms with Crippen LogP contribution in [-0.4, -0.2) is 36.4 Å². The lowest BCUT2D eigenvalue weighted by Gasteiger charge is -2.23. The van der Waals surface area contributed by atoms with Crippen LogP contribution in [0.25, 0.3) is 0 Å². The van der Waals surface area contributed by atoms with Crippen molar-refractivity contribution in [2.75, 3.05) is 12.4 Å². The molecule has 2 heterocycles. The maximum absolute atomic E-state index is 13.1. The molecule has 1 aromatic carbocycles. The molecule has 128 valence electrons. The van der Waals surface area contributed by atoms with Crippen molar-refractivity contribution >= 4 is 27.5 Å². The molecule has 9 heteroatoms. The van der Waals surface area contributed by atoms with Crippen LogP contribution in [0.5, 0.6) is 0 Å². The fraction of sp³-hybridized carbons (Fsp3) is 0.0625. The summed E-state index contributed by atoms with van der Waals surface area (Å²) in [4.78, 5) is 16.3. The predicted molar refractivity (Wildman–Crippen MR) is 90.6 cm³/mol. The third kappa shape index (κ3) is 3.56. The van der Waals surface area contributed by atoms with Gasteiger partial charge in [-0.15, -0.1) is 4.40 Å². The molecule has 0 saturated carbocycles. The molecule has 3 rings (SSSR count). The zero-order chi connectivity index (χ0) is 18.0. The number of allylic oxidation sites excluding steroid dienone is 1. The number of carbonyl (C=O) groups excluding carboxylic acids is 1. The smallest absolute Gasteiger partial charge is 0.319 e. The average Bonchev–Trinajstić information content (AvgIpc) is 2.58. The Labute approximate surface area is 143 Å². The molecule has 7 nitrogen and oxygen atoms in total. The molecule has 0 bridgehead atoms. The number of nitrogens with zero attached hydrogens (tertiary/aromatic N) is 3. The molecule has 1 N–H and O–H groups in total. The van der Waals surface area contributed by atoms with E-state index in [-0.39, 0.29) is 11.4 Å². The molecule has 1 aliphatic rings. The van der Waals surface area contributed by atoms with Crippen LogP contribution >= 0.6 is 0 Å². The monoisotopic (exact) mass is 360 g/mol. The minimum atomic E-state index is -4.07. The van der Waals surface area contributed by atoms with Crippen molar-refractivity contribution in [2.24, 2.45) is 4.40 Å². The van der Waals surface area contributed by atoms with Crippen molar-refractivity contribution in [3.8, 4) is 0 Å². The first-order valence-electron chi connectivity index (χ1n) is 7.15. The molecule has 0 atom stereocenters. The number of hydrogen-bond donors (Lipinski definition) is 1. The van der Waals surface area contributed by atoms with Crippen molar-refractivity contribution in [3.05, 3.63) is 71.9 Å². The van der Waals surface area contributed by atoms with Crippen LogP contribution in [0, 0.1) is 5.82 Å². The Balaban J connectivity index is 1.98. The number of amides is 1. The quantitative estimate of drug-likeness (QED) is 0.902. The van der Waals surface area contributed by atoms with Crippen molar-refractivity contribution in [2.45, 2.75) is 0 Å². The fourth-order valence-electron chi connectivity index (χ4n) is 2.15. The normalized spacial score (nSPS) is 16.0. The van der Waals surface area contributed by atoms with Crippen molar-refractivity contribution in [3.63, 3.8) is 0 Å². The van der Waals surface area contributed by atoms with E-state index in [2.05, 4.69) is 14.7 Å². The summed E-state index contributed by atoms with van der Waals surface area (Å²) in [5.74, 6) is -1.09. The summed E-state index contributed by atoms with van der Waals surface area (Å²) < 4.78 is 42.0. The third-order valence-electron chi connectivity index (χ3n) is 3.46. The SMILES string of the molecule is CN1C(C(=O)Nc2cccnc2)=CC(c2ccc(F)cc2)=NS1(=O)=O. The summed E-state index contributed by atoms with van der Waals surface area (Å²) >= 11 is 0. The maximum Gasteiger partial charge on any atom is 0.345 e. The van der Waals surface area contributed by atoms with Crippen molar-refractivity contribution in [1.29, 1.82) is 0 Å². The molecular weight excluding hydrogens is 347 g/mol. The molecule has 1 aliphatic heterocycles. The molecule has 0 aliphatic carbocycles. The zero-order valence-corrected chi connectivity index (χ0v) is 13.9. The van der Waals surface area contributed by atoms with E-state index in [0.29, 0.717) is 11.3 Å². The highest BCUT2D eigenvalue weighted by Gasteiger charge is 2.30. The number of rotatable bonds is 3. The van der Waals surface area contributed by atoms with E-state index in [1.165, 1.54) is 43.6 Å². The van der Waals surface area contributed by atoms with Gasteiger partial charge in [0.05, 0.1) is 17.6 Å². The van der Waals surface area contributed by atoms with Crippen LogP contribution in [0.4, 0.5) is 10.1 Å². The number of nitrogens with one attached hydrogen (secondary N) is 1. The first kappa shape index (κ1) is 16.8. The van der Waals surface area contributed by atoms with Crippen LogP contribution in [0.3, 0.4) is 0 Å². The second kappa shape index (κ2) is 6.44. The minimum Gasteiger partial charge on any atom is -0.319 e. The molecule has 0 spiro atoms. The summed E-state index contributed by atoms with van der Waals surface area (Å²) in [5.41, 5.74) is 0.738. The standard InChI is InChI=1S/C16H13FN4O3S/c1-21-15(16(22)19-13-3-2-8-18-10-13)9-14(20-25(21,23)24)11-4-6-12(17)7-5-11/h2-10H,1H3,(H,19,22). The second-order valence-corrected chi connectivity index (χ2v) is 6.78. The predicted octanol–water partition coefficient (Wildman–Crippen LogP) is 1.72. The van der Waals surface area contributed by atoms with Crippen LogP contribution in [0.15, 0.2) is 65.0 Å². The van der Waals surface area contributed by atoms with Gasteiger partial charge in [-0.3, -0.25) is 9.78 Å². The largest absolute Gasteiger partial charge is 0.345 e. The van der Waals surface area contributed by atoms with E-state index in [0.717, 1.165) is 4.31 Å². The number of halogens is 1. The molecule has 0 radical (unpaired) electrons. The lowest BCUT2D eigenvalue weighted by Crippen LogP contribution is -2.35. The number of anilines is 1. The van der Waals surface area contributed by atoms with Crippen LogP contribution < -0.4 is 5.32 Å². The Hall–Kier alpha value is -3.07. The molecule has 0 unspecified atom stereocenters. The van der Waals surface area contributed by atoms with Gasteiger partial charge >= 0.3 is 10.2 Å². The van der Waals surface area contributed by atoms with Gasteiger partial charge in [0.1, 0.15) is 11.5 Å². The van der Waals surface area contributed by atoms with Crippen molar-refractivity contribution < 1.29 is 17.6 Å². The number of likely N-dealkylation sites (N-methyl/N-ethyl adjacent to an activating group) is 1. The first-order chi connectivity index (χ1) is 11.9. The Morgan fingerprint density at radius 1 is 1.20 bits per heavy atom. The van der Waals surface area contributed by atoms with E-state index in [9.17, 15) is 17.6 Å². The summed E-state index contributed by atoms with van der Waals surface area (Å²) in [6, 6.07) is 8.41.